The van der Waals surface area contributed by atoms with Crippen LogP contribution in [0.4, 0.5) is 0 Å². The summed E-state index contributed by atoms with van der Waals surface area (Å²) in [6.45, 7) is 2.62. The number of hydrogen-bond acceptors (Lipinski definition) is 4. The van der Waals surface area contributed by atoms with Crippen molar-refractivity contribution in [2.75, 3.05) is 27.9 Å². The van der Waals surface area contributed by atoms with Gasteiger partial charge < -0.3 is 25.0 Å². The van der Waals surface area contributed by atoms with Gasteiger partial charge in [-0.15, -0.1) is 24.0 Å². The molecule has 0 radical (unpaired) electrons. The van der Waals surface area contributed by atoms with Crippen molar-refractivity contribution in [1.82, 2.24) is 15.5 Å². The average molecular weight is 482 g/mol. The van der Waals surface area contributed by atoms with E-state index in [-0.39, 0.29) is 24.0 Å². The Kier molecular flexibility index (Phi) is 8.18. The smallest absolute Gasteiger partial charge is 0.231 e. The Morgan fingerprint density at radius 1 is 0.963 bits per heavy atom. The number of guanidine groups is 1. The summed E-state index contributed by atoms with van der Waals surface area (Å²) in [6.07, 6.45) is 0. The van der Waals surface area contributed by atoms with E-state index in [9.17, 15) is 0 Å². The van der Waals surface area contributed by atoms with E-state index in [2.05, 4.69) is 58.9 Å². The zero-order valence-electron chi connectivity index (χ0n) is 16.0. The maximum Gasteiger partial charge on any atom is 0.231 e. The van der Waals surface area contributed by atoms with Gasteiger partial charge in [-0.25, -0.2) is 0 Å². The van der Waals surface area contributed by atoms with Crippen LogP contribution < -0.4 is 20.1 Å². The topological polar surface area (TPSA) is 58.1 Å². The molecule has 1 aliphatic heterocycles. The molecule has 2 aromatic rings. The van der Waals surface area contributed by atoms with E-state index < -0.39 is 0 Å². The van der Waals surface area contributed by atoms with Gasteiger partial charge in [0.05, 0.1) is 0 Å². The molecule has 0 fully saturated rings. The van der Waals surface area contributed by atoms with Gasteiger partial charge in [-0.05, 0) is 42.9 Å². The predicted octanol–water partition coefficient (Wildman–Crippen LogP) is 2.96. The molecular formula is C20H27IN4O2. The quantitative estimate of drug-likeness (QED) is 0.377. The van der Waals surface area contributed by atoms with Crippen molar-refractivity contribution in [3.05, 3.63) is 59.2 Å². The molecule has 0 spiro atoms. The van der Waals surface area contributed by atoms with Crippen molar-refractivity contribution in [3.63, 3.8) is 0 Å². The van der Waals surface area contributed by atoms with E-state index in [1.807, 2.05) is 18.2 Å². The minimum Gasteiger partial charge on any atom is -0.454 e. The highest BCUT2D eigenvalue weighted by Crippen LogP contribution is 2.32. The molecule has 7 heteroatoms. The summed E-state index contributed by atoms with van der Waals surface area (Å²) in [7, 11) is 5.93. The highest BCUT2D eigenvalue weighted by Gasteiger charge is 2.13. The summed E-state index contributed by atoms with van der Waals surface area (Å²) in [5, 5.41) is 6.69. The highest BCUT2D eigenvalue weighted by atomic mass is 127. The van der Waals surface area contributed by atoms with Crippen molar-refractivity contribution < 1.29 is 9.47 Å². The van der Waals surface area contributed by atoms with Crippen LogP contribution in [0.5, 0.6) is 11.5 Å². The molecule has 3 rings (SSSR count). The number of hydrogen-bond donors (Lipinski definition) is 2. The second-order valence-corrected chi connectivity index (χ2v) is 6.52. The number of ether oxygens (including phenoxy) is 2. The van der Waals surface area contributed by atoms with E-state index in [1.165, 1.54) is 11.1 Å². The Morgan fingerprint density at radius 2 is 1.63 bits per heavy atom. The zero-order chi connectivity index (χ0) is 18.4. The summed E-state index contributed by atoms with van der Waals surface area (Å²) >= 11 is 0. The summed E-state index contributed by atoms with van der Waals surface area (Å²) in [4.78, 5) is 6.46. The minimum absolute atomic E-state index is 0. The molecule has 2 aromatic carbocycles. The standard InChI is InChI=1S/C20H26N4O2.HI/c1-21-20(22-11-15-5-4-6-17(9-15)13-24(2)3)23-12-16-7-8-18-19(10-16)26-14-25-18;/h4-10H,11-14H2,1-3H3,(H2,21,22,23);1H. The van der Waals surface area contributed by atoms with Crippen LogP contribution in [0, 0.1) is 0 Å². The fourth-order valence-electron chi connectivity index (χ4n) is 2.85. The molecule has 0 aromatic heterocycles. The van der Waals surface area contributed by atoms with Crippen LogP contribution in [0.3, 0.4) is 0 Å². The lowest BCUT2D eigenvalue weighted by Crippen LogP contribution is -2.36. The summed E-state index contributed by atoms with van der Waals surface area (Å²) in [5.74, 6) is 2.36. The number of nitrogens with zero attached hydrogens (tertiary/aromatic N) is 2. The molecule has 0 atom stereocenters. The van der Waals surface area contributed by atoms with Gasteiger partial charge in [0.1, 0.15) is 0 Å². The monoisotopic (exact) mass is 482 g/mol. The highest BCUT2D eigenvalue weighted by molar-refractivity contribution is 14.0. The lowest BCUT2D eigenvalue weighted by atomic mass is 10.1. The first-order valence-corrected chi connectivity index (χ1v) is 8.69. The van der Waals surface area contributed by atoms with Crippen LogP contribution in [0.2, 0.25) is 0 Å². The van der Waals surface area contributed by atoms with E-state index in [0.717, 1.165) is 36.1 Å². The molecule has 27 heavy (non-hydrogen) atoms. The first kappa shape index (κ1) is 21.3. The number of rotatable bonds is 6. The van der Waals surface area contributed by atoms with Crippen molar-refractivity contribution in [1.29, 1.82) is 0 Å². The summed E-state index contributed by atoms with van der Waals surface area (Å²) < 4.78 is 10.8. The lowest BCUT2D eigenvalue weighted by Gasteiger charge is -2.14. The third-order valence-corrected chi connectivity index (χ3v) is 4.07. The maximum absolute atomic E-state index is 5.42. The number of fused-ring (bicyclic) bond motifs is 1. The first-order valence-electron chi connectivity index (χ1n) is 8.69. The molecule has 2 N–H and O–H groups in total. The van der Waals surface area contributed by atoms with Gasteiger partial charge in [0.2, 0.25) is 6.79 Å². The molecular weight excluding hydrogens is 455 g/mol. The Hall–Kier alpha value is -2.00. The lowest BCUT2D eigenvalue weighted by molar-refractivity contribution is 0.174. The number of nitrogens with one attached hydrogen (secondary N) is 2. The van der Waals surface area contributed by atoms with Gasteiger partial charge in [0, 0.05) is 26.7 Å². The molecule has 0 unspecified atom stereocenters. The molecule has 6 nitrogen and oxygen atoms in total. The van der Waals surface area contributed by atoms with E-state index in [4.69, 9.17) is 9.47 Å². The number of aliphatic imine (C=N–C) groups is 1. The predicted molar refractivity (Wildman–Crippen MR) is 119 cm³/mol. The molecule has 1 aliphatic rings. The Morgan fingerprint density at radius 3 is 2.33 bits per heavy atom. The molecule has 0 amide bonds. The molecule has 0 bridgehead atoms. The van der Waals surface area contributed by atoms with Gasteiger partial charge >= 0.3 is 0 Å². The van der Waals surface area contributed by atoms with Crippen LogP contribution in [-0.2, 0) is 19.6 Å². The first-order chi connectivity index (χ1) is 12.6. The van der Waals surface area contributed by atoms with Crippen LogP contribution in [0.15, 0.2) is 47.5 Å². The summed E-state index contributed by atoms with van der Waals surface area (Å²) in [6, 6.07) is 14.5. The van der Waals surface area contributed by atoms with Crippen LogP contribution in [0.1, 0.15) is 16.7 Å². The molecule has 1 heterocycles. The fourth-order valence-corrected chi connectivity index (χ4v) is 2.85. The van der Waals surface area contributed by atoms with E-state index in [1.54, 1.807) is 7.05 Å². The molecule has 146 valence electrons. The molecule has 0 saturated heterocycles. The maximum atomic E-state index is 5.42. The molecule has 0 saturated carbocycles. The summed E-state index contributed by atoms with van der Waals surface area (Å²) in [5.41, 5.74) is 3.65. The van der Waals surface area contributed by atoms with Crippen LogP contribution in [-0.4, -0.2) is 38.8 Å². The van der Waals surface area contributed by atoms with Crippen LogP contribution in [0.25, 0.3) is 0 Å². The Labute approximate surface area is 178 Å². The van der Waals surface area contributed by atoms with Crippen molar-refractivity contribution >= 4 is 29.9 Å². The second-order valence-electron chi connectivity index (χ2n) is 6.52. The van der Waals surface area contributed by atoms with Gasteiger partial charge in [-0.1, -0.05) is 30.3 Å². The average Bonchev–Trinajstić information content (AvgIpc) is 3.09. The third kappa shape index (κ3) is 6.28. The van der Waals surface area contributed by atoms with Crippen molar-refractivity contribution in [3.8, 4) is 11.5 Å². The Balaban J connectivity index is 0.00000261. The number of benzene rings is 2. The van der Waals surface area contributed by atoms with Crippen LogP contribution >= 0.6 is 24.0 Å². The Bertz CT molecular complexity index is 780. The van der Waals surface area contributed by atoms with Gasteiger partial charge in [0.25, 0.3) is 0 Å². The van der Waals surface area contributed by atoms with Gasteiger partial charge in [-0.2, -0.15) is 0 Å². The number of halogens is 1. The van der Waals surface area contributed by atoms with E-state index in [0.29, 0.717) is 13.3 Å². The molecule has 0 aliphatic carbocycles. The van der Waals surface area contributed by atoms with Crippen molar-refractivity contribution in [2.45, 2.75) is 19.6 Å². The normalized spacial score (nSPS) is 12.7. The fraction of sp³-hybridized carbons (Fsp3) is 0.350. The second kappa shape index (κ2) is 10.4. The van der Waals surface area contributed by atoms with Gasteiger partial charge in [0.15, 0.2) is 17.5 Å². The largest absolute Gasteiger partial charge is 0.454 e. The van der Waals surface area contributed by atoms with Crippen molar-refractivity contribution in [2.24, 2.45) is 4.99 Å². The SMILES string of the molecule is CN=C(NCc1cccc(CN(C)C)c1)NCc1ccc2c(c1)OCO2.I. The van der Waals surface area contributed by atoms with Gasteiger partial charge in [-0.3, -0.25) is 4.99 Å². The third-order valence-electron chi connectivity index (χ3n) is 4.07. The minimum atomic E-state index is 0. The zero-order valence-corrected chi connectivity index (χ0v) is 18.3. The van der Waals surface area contributed by atoms with E-state index >= 15 is 0 Å².